The molecular formula is C23H30N4O4S. The fourth-order valence-electron chi connectivity index (χ4n) is 3.32. The van der Waals surface area contributed by atoms with Crippen molar-refractivity contribution in [1.82, 2.24) is 14.3 Å². The molecule has 2 N–H and O–H groups in total. The predicted octanol–water partition coefficient (Wildman–Crippen LogP) is 3.39. The second-order valence-corrected chi connectivity index (χ2v) is 9.34. The first-order valence-electron chi connectivity index (χ1n) is 10.7. The molecule has 0 bridgehead atoms. The number of hydrogen-bond donors (Lipinski definition) is 2. The maximum absolute atomic E-state index is 12.5. The van der Waals surface area contributed by atoms with Crippen molar-refractivity contribution in [2.75, 3.05) is 25.1 Å². The molecule has 0 radical (unpaired) electrons. The van der Waals surface area contributed by atoms with Gasteiger partial charge in [0.15, 0.2) is 0 Å². The predicted molar refractivity (Wildman–Crippen MR) is 125 cm³/mol. The van der Waals surface area contributed by atoms with Crippen molar-refractivity contribution in [2.24, 2.45) is 0 Å². The second kappa shape index (κ2) is 10.7. The molecule has 32 heavy (non-hydrogen) atoms. The maximum Gasteiger partial charge on any atom is 0.240 e. The SMILES string of the molecule is CCOCCCn1c(NC(=O)CCNS(=O)(=O)c2ccc(C)c(C)c2)nc2ccccc21. The molecule has 0 atom stereocenters. The summed E-state index contributed by atoms with van der Waals surface area (Å²) in [4.78, 5) is 17.2. The zero-order valence-corrected chi connectivity index (χ0v) is 19.5. The van der Waals surface area contributed by atoms with Crippen molar-refractivity contribution >= 4 is 32.9 Å². The van der Waals surface area contributed by atoms with Gasteiger partial charge in [-0.2, -0.15) is 0 Å². The van der Waals surface area contributed by atoms with Gasteiger partial charge < -0.3 is 9.30 Å². The van der Waals surface area contributed by atoms with Crippen LogP contribution in [0.1, 0.15) is 30.9 Å². The number of amides is 1. The third kappa shape index (κ3) is 5.93. The van der Waals surface area contributed by atoms with Gasteiger partial charge in [0.1, 0.15) is 0 Å². The molecule has 0 saturated heterocycles. The number of benzene rings is 2. The summed E-state index contributed by atoms with van der Waals surface area (Å²) in [7, 11) is -3.68. The number of ether oxygens (including phenoxy) is 1. The number of sulfonamides is 1. The lowest BCUT2D eigenvalue weighted by atomic mass is 10.1. The number of aryl methyl sites for hydroxylation is 3. The second-order valence-electron chi connectivity index (χ2n) is 7.57. The summed E-state index contributed by atoms with van der Waals surface area (Å²) in [6.45, 7) is 7.66. The molecule has 172 valence electrons. The fourth-order valence-corrected chi connectivity index (χ4v) is 4.43. The van der Waals surface area contributed by atoms with Crippen LogP contribution in [0.2, 0.25) is 0 Å². The van der Waals surface area contributed by atoms with E-state index >= 15 is 0 Å². The van der Waals surface area contributed by atoms with Crippen molar-refractivity contribution in [1.29, 1.82) is 0 Å². The molecule has 0 aliphatic rings. The lowest BCUT2D eigenvalue weighted by molar-refractivity contribution is -0.116. The van der Waals surface area contributed by atoms with Crippen LogP contribution in [0.3, 0.4) is 0 Å². The smallest absolute Gasteiger partial charge is 0.240 e. The first-order chi connectivity index (χ1) is 15.3. The van der Waals surface area contributed by atoms with Gasteiger partial charge in [-0.1, -0.05) is 18.2 Å². The maximum atomic E-state index is 12.5. The molecule has 8 nitrogen and oxygen atoms in total. The van der Waals surface area contributed by atoms with Gasteiger partial charge in [-0.15, -0.1) is 0 Å². The summed E-state index contributed by atoms with van der Waals surface area (Å²) in [6.07, 6.45) is 0.777. The van der Waals surface area contributed by atoms with Crippen molar-refractivity contribution < 1.29 is 17.9 Å². The number of hydrogen-bond acceptors (Lipinski definition) is 5. The van der Waals surface area contributed by atoms with E-state index in [-0.39, 0.29) is 23.8 Å². The van der Waals surface area contributed by atoms with Crippen LogP contribution in [-0.4, -0.2) is 43.6 Å². The number of anilines is 1. The minimum absolute atomic E-state index is 0.00771. The molecular weight excluding hydrogens is 428 g/mol. The van der Waals surface area contributed by atoms with Gasteiger partial charge in [-0.25, -0.2) is 18.1 Å². The van der Waals surface area contributed by atoms with E-state index in [0.717, 1.165) is 28.6 Å². The fraction of sp³-hybridized carbons (Fsp3) is 0.391. The summed E-state index contributed by atoms with van der Waals surface area (Å²) in [6, 6.07) is 12.6. The highest BCUT2D eigenvalue weighted by molar-refractivity contribution is 7.89. The number of aromatic nitrogens is 2. The summed E-state index contributed by atoms with van der Waals surface area (Å²) in [5, 5.41) is 2.82. The van der Waals surface area contributed by atoms with Gasteiger partial charge in [0.2, 0.25) is 21.9 Å². The largest absolute Gasteiger partial charge is 0.382 e. The Morgan fingerprint density at radius 1 is 1.12 bits per heavy atom. The van der Waals surface area contributed by atoms with Crippen molar-refractivity contribution in [3.63, 3.8) is 0 Å². The monoisotopic (exact) mass is 458 g/mol. The van der Waals surface area contributed by atoms with E-state index in [9.17, 15) is 13.2 Å². The molecule has 0 spiro atoms. The Hall–Kier alpha value is -2.75. The van der Waals surface area contributed by atoms with E-state index in [0.29, 0.717) is 25.7 Å². The number of para-hydroxylation sites is 2. The first-order valence-corrected chi connectivity index (χ1v) is 12.2. The zero-order chi connectivity index (χ0) is 23.1. The average Bonchev–Trinajstić information content (AvgIpc) is 3.09. The van der Waals surface area contributed by atoms with Gasteiger partial charge >= 0.3 is 0 Å². The van der Waals surface area contributed by atoms with Crippen LogP contribution in [0.5, 0.6) is 0 Å². The Bertz CT molecular complexity index is 1190. The highest BCUT2D eigenvalue weighted by Crippen LogP contribution is 2.20. The molecule has 0 unspecified atom stereocenters. The van der Waals surface area contributed by atoms with Crippen LogP contribution in [0.25, 0.3) is 11.0 Å². The number of nitrogens with zero attached hydrogens (tertiary/aromatic N) is 2. The molecule has 3 aromatic rings. The summed E-state index contributed by atoms with van der Waals surface area (Å²) >= 11 is 0. The highest BCUT2D eigenvalue weighted by atomic mass is 32.2. The normalized spacial score (nSPS) is 11.7. The topological polar surface area (TPSA) is 102 Å². The Morgan fingerprint density at radius 3 is 2.66 bits per heavy atom. The van der Waals surface area contributed by atoms with E-state index < -0.39 is 10.0 Å². The van der Waals surface area contributed by atoms with E-state index in [1.807, 2.05) is 49.6 Å². The Morgan fingerprint density at radius 2 is 1.91 bits per heavy atom. The Balaban J connectivity index is 1.62. The van der Waals surface area contributed by atoms with Gasteiger partial charge in [0.05, 0.1) is 15.9 Å². The first kappa shape index (κ1) is 23.9. The minimum Gasteiger partial charge on any atom is -0.382 e. The van der Waals surface area contributed by atoms with Crippen LogP contribution < -0.4 is 10.0 Å². The van der Waals surface area contributed by atoms with Crippen molar-refractivity contribution in [2.45, 2.75) is 45.1 Å². The van der Waals surface area contributed by atoms with Gasteiger partial charge in [-0.3, -0.25) is 10.1 Å². The molecule has 2 aromatic carbocycles. The molecule has 1 heterocycles. The standard InChI is InChI=1S/C23H30N4O4S/c1-4-31-15-7-14-27-21-9-6-5-8-20(21)25-23(27)26-22(28)12-13-24-32(29,30)19-11-10-17(2)18(3)16-19/h5-6,8-11,16,24H,4,7,12-15H2,1-3H3,(H,25,26,28). The third-order valence-electron chi connectivity index (χ3n) is 5.21. The molecule has 0 saturated carbocycles. The lowest BCUT2D eigenvalue weighted by Gasteiger charge is -2.11. The molecule has 0 fully saturated rings. The van der Waals surface area contributed by atoms with E-state index in [2.05, 4.69) is 15.0 Å². The van der Waals surface area contributed by atoms with Crippen molar-refractivity contribution in [3.05, 3.63) is 53.6 Å². The number of imidazole rings is 1. The average molecular weight is 459 g/mol. The van der Waals surface area contributed by atoms with Crippen LogP contribution >= 0.6 is 0 Å². The number of carbonyl (C=O) groups is 1. The van der Waals surface area contributed by atoms with Crippen LogP contribution in [0, 0.1) is 13.8 Å². The quantitative estimate of drug-likeness (QED) is 0.429. The van der Waals surface area contributed by atoms with Gasteiger partial charge in [0, 0.05) is 32.7 Å². The van der Waals surface area contributed by atoms with Crippen LogP contribution in [-0.2, 0) is 26.1 Å². The molecule has 0 aliphatic heterocycles. The number of fused-ring (bicyclic) bond motifs is 1. The molecule has 9 heteroatoms. The lowest BCUT2D eigenvalue weighted by Crippen LogP contribution is -2.28. The minimum atomic E-state index is -3.68. The number of rotatable bonds is 11. The number of nitrogens with one attached hydrogen (secondary N) is 2. The van der Waals surface area contributed by atoms with E-state index in [1.54, 1.807) is 18.2 Å². The van der Waals surface area contributed by atoms with E-state index in [4.69, 9.17) is 4.74 Å². The Labute approximate surface area is 189 Å². The highest BCUT2D eigenvalue weighted by Gasteiger charge is 2.16. The molecule has 1 aromatic heterocycles. The summed E-state index contributed by atoms with van der Waals surface area (Å²) < 4.78 is 34.9. The van der Waals surface area contributed by atoms with Gasteiger partial charge in [0.25, 0.3) is 0 Å². The Kier molecular flexibility index (Phi) is 8.00. The molecule has 0 aliphatic carbocycles. The number of carbonyl (C=O) groups excluding carboxylic acids is 1. The summed E-state index contributed by atoms with van der Waals surface area (Å²) in [5.74, 6) is 0.138. The van der Waals surface area contributed by atoms with Gasteiger partial charge in [-0.05, 0) is 62.6 Å². The van der Waals surface area contributed by atoms with Crippen LogP contribution in [0.4, 0.5) is 5.95 Å². The molecule has 3 rings (SSSR count). The van der Waals surface area contributed by atoms with Crippen molar-refractivity contribution in [3.8, 4) is 0 Å². The zero-order valence-electron chi connectivity index (χ0n) is 18.7. The van der Waals surface area contributed by atoms with E-state index in [1.165, 1.54) is 0 Å². The van der Waals surface area contributed by atoms with Crippen LogP contribution in [0.15, 0.2) is 47.4 Å². The third-order valence-corrected chi connectivity index (χ3v) is 6.67. The molecule has 1 amide bonds. The summed E-state index contributed by atoms with van der Waals surface area (Å²) in [5.41, 5.74) is 3.63.